The second-order valence-corrected chi connectivity index (χ2v) is 3.98. The molecule has 0 aliphatic carbocycles. The highest BCUT2D eigenvalue weighted by atomic mass is 16.7. The van der Waals surface area contributed by atoms with Gasteiger partial charge in [0.05, 0.1) is 17.8 Å². The first-order chi connectivity index (χ1) is 9.79. The summed E-state index contributed by atoms with van der Waals surface area (Å²) < 4.78 is 0. The van der Waals surface area contributed by atoms with E-state index in [-0.39, 0.29) is 0 Å². The predicted molar refractivity (Wildman–Crippen MR) is 74.5 cm³/mol. The van der Waals surface area contributed by atoms with E-state index >= 15 is 0 Å². The number of anilines is 1. The molecule has 0 aliphatic rings. The zero-order chi connectivity index (χ0) is 14.2. The van der Waals surface area contributed by atoms with E-state index in [0.29, 0.717) is 17.8 Å². The van der Waals surface area contributed by atoms with Crippen molar-refractivity contribution in [1.29, 1.82) is 5.26 Å². The smallest absolute Gasteiger partial charge is 0.353 e. The molecule has 0 fully saturated rings. The Morgan fingerprint density at radius 1 is 1.10 bits per heavy atom. The summed E-state index contributed by atoms with van der Waals surface area (Å²) in [6.07, 6.45) is -0.663. The van der Waals surface area contributed by atoms with E-state index in [1.807, 2.05) is 36.4 Å². The topological polar surface area (TPSA) is 74.2 Å². The minimum absolute atomic E-state index is 0.382. The van der Waals surface area contributed by atoms with Crippen LogP contribution in [-0.2, 0) is 11.4 Å². The van der Waals surface area contributed by atoms with Gasteiger partial charge >= 0.3 is 6.09 Å². The van der Waals surface area contributed by atoms with Gasteiger partial charge in [-0.25, -0.2) is 4.79 Å². The molecule has 2 aromatic rings. The maximum Gasteiger partial charge on any atom is 0.430 e. The van der Waals surface area contributed by atoms with Crippen molar-refractivity contribution in [3.63, 3.8) is 0 Å². The third-order valence-corrected chi connectivity index (χ3v) is 2.57. The lowest BCUT2D eigenvalue weighted by Gasteiger charge is -2.08. The maximum absolute atomic E-state index is 11.6. The normalized spacial score (nSPS) is 9.55. The summed E-state index contributed by atoms with van der Waals surface area (Å²) >= 11 is 0. The molecule has 0 aliphatic heterocycles. The van der Waals surface area contributed by atoms with Gasteiger partial charge in [0.1, 0.15) is 6.07 Å². The summed E-state index contributed by atoms with van der Waals surface area (Å²) in [6.45, 7) is 0.411. The summed E-state index contributed by atoms with van der Waals surface area (Å²) in [5.74, 6) is 0. The Morgan fingerprint density at radius 3 is 2.55 bits per heavy atom. The minimum atomic E-state index is -0.663. The van der Waals surface area contributed by atoms with Crippen LogP contribution in [0.5, 0.6) is 0 Å². The maximum atomic E-state index is 11.6. The number of benzene rings is 2. The number of hydrogen-bond donors (Lipinski definition) is 2. The molecule has 0 unspecified atom stereocenters. The van der Waals surface area contributed by atoms with Gasteiger partial charge in [-0.1, -0.05) is 42.5 Å². The minimum Gasteiger partial charge on any atom is -0.353 e. The quantitative estimate of drug-likeness (QED) is 0.835. The Morgan fingerprint density at radius 2 is 1.80 bits per heavy atom. The third kappa shape index (κ3) is 3.83. The monoisotopic (exact) mass is 267 g/mol. The molecule has 2 rings (SSSR count). The van der Waals surface area contributed by atoms with E-state index in [9.17, 15) is 4.79 Å². The van der Waals surface area contributed by atoms with E-state index in [1.54, 1.807) is 24.3 Å². The zero-order valence-corrected chi connectivity index (χ0v) is 10.7. The highest BCUT2D eigenvalue weighted by molar-refractivity contribution is 5.86. The molecule has 20 heavy (non-hydrogen) atoms. The van der Waals surface area contributed by atoms with Gasteiger partial charge in [-0.3, -0.25) is 5.32 Å². The summed E-state index contributed by atoms with van der Waals surface area (Å²) in [7, 11) is 0. The number of nitrogens with zero attached hydrogens (tertiary/aromatic N) is 1. The summed E-state index contributed by atoms with van der Waals surface area (Å²) in [5.41, 5.74) is 4.36. The van der Waals surface area contributed by atoms with Crippen molar-refractivity contribution < 1.29 is 9.63 Å². The SMILES string of the molecule is N#Cc1ccccc1NC(=O)ONCc1ccccc1. The average Bonchev–Trinajstić information content (AvgIpc) is 2.49. The number of nitriles is 1. The molecule has 0 aromatic heterocycles. The number of carbonyl (C=O) groups excluding carboxylic acids is 1. The first-order valence-electron chi connectivity index (χ1n) is 6.03. The number of hydroxylamine groups is 1. The van der Waals surface area contributed by atoms with Crippen molar-refractivity contribution in [2.24, 2.45) is 0 Å². The van der Waals surface area contributed by atoms with Gasteiger partial charge < -0.3 is 4.84 Å². The number of amides is 1. The van der Waals surface area contributed by atoms with Crippen LogP contribution >= 0.6 is 0 Å². The number of carbonyl (C=O) groups is 1. The lowest BCUT2D eigenvalue weighted by Crippen LogP contribution is -2.24. The fraction of sp³-hybridized carbons (Fsp3) is 0.0667. The van der Waals surface area contributed by atoms with Crippen molar-refractivity contribution in [2.75, 3.05) is 5.32 Å². The molecular formula is C15H13N3O2. The molecule has 2 aromatic carbocycles. The van der Waals surface area contributed by atoms with Gasteiger partial charge in [0, 0.05) is 0 Å². The van der Waals surface area contributed by atoms with Gasteiger partial charge in [-0.15, -0.1) is 5.48 Å². The van der Waals surface area contributed by atoms with Crippen LogP contribution in [0.3, 0.4) is 0 Å². The second kappa shape index (κ2) is 6.92. The second-order valence-electron chi connectivity index (χ2n) is 3.98. The summed E-state index contributed by atoms with van der Waals surface area (Å²) in [6, 6.07) is 18.3. The van der Waals surface area contributed by atoms with Crippen molar-refractivity contribution in [2.45, 2.75) is 6.54 Å². The van der Waals surface area contributed by atoms with Gasteiger partial charge in [-0.2, -0.15) is 5.26 Å². The van der Waals surface area contributed by atoms with Gasteiger partial charge in [0.15, 0.2) is 0 Å². The van der Waals surface area contributed by atoms with Crippen LogP contribution in [-0.4, -0.2) is 6.09 Å². The Hall–Kier alpha value is -2.84. The van der Waals surface area contributed by atoms with Crippen LogP contribution in [0.15, 0.2) is 54.6 Å². The van der Waals surface area contributed by atoms with Crippen LogP contribution in [0.2, 0.25) is 0 Å². The molecule has 0 atom stereocenters. The van der Waals surface area contributed by atoms with Crippen molar-refractivity contribution in [3.05, 3.63) is 65.7 Å². The first kappa shape index (κ1) is 13.6. The summed E-state index contributed by atoms with van der Waals surface area (Å²) in [5, 5.41) is 11.4. The predicted octanol–water partition coefficient (Wildman–Crippen LogP) is 2.81. The van der Waals surface area contributed by atoms with Crippen LogP contribution in [0, 0.1) is 11.3 Å². The molecule has 100 valence electrons. The lowest BCUT2D eigenvalue weighted by atomic mass is 10.2. The standard InChI is InChI=1S/C15H13N3O2/c16-10-13-8-4-5-9-14(13)18-15(19)20-17-11-12-6-2-1-3-7-12/h1-9,17H,11H2,(H,18,19). The van der Waals surface area contributed by atoms with Crippen molar-refractivity contribution in [1.82, 2.24) is 5.48 Å². The Balaban J connectivity index is 1.83. The Bertz CT molecular complexity index is 621. The number of hydrogen-bond acceptors (Lipinski definition) is 4. The molecule has 0 saturated carbocycles. The van der Waals surface area contributed by atoms with Crippen LogP contribution < -0.4 is 10.8 Å². The van der Waals surface area contributed by atoms with Crippen molar-refractivity contribution >= 4 is 11.8 Å². The van der Waals surface area contributed by atoms with E-state index < -0.39 is 6.09 Å². The third-order valence-electron chi connectivity index (χ3n) is 2.57. The Labute approximate surface area is 116 Å². The van der Waals surface area contributed by atoms with Gasteiger partial charge in [0.2, 0.25) is 0 Å². The van der Waals surface area contributed by atoms with Crippen molar-refractivity contribution in [3.8, 4) is 6.07 Å². The van der Waals surface area contributed by atoms with E-state index in [0.717, 1.165) is 5.56 Å². The van der Waals surface area contributed by atoms with Gasteiger partial charge in [0.25, 0.3) is 0 Å². The van der Waals surface area contributed by atoms with Gasteiger partial charge in [-0.05, 0) is 17.7 Å². The molecule has 0 radical (unpaired) electrons. The average molecular weight is 267 g/mol. The number of nitrogens with one attached hydrogen (secondary N) is 2. The molecule has 0 heterocycles. The van der Waals surface area contributed by atoms with Crippen LogP contribution in [0.4, 0.5) is 10.5 Å². The number of rotatable bonds is 4. The van der Waals surface area contributed by atoms with E-state index in [2.05, 4.69) is 10.8 Å². The fourth-order valence-electron chi connectivity index (χ4n) is 1.61. The molecule has 1 amide bonds. The molecule has 0 saturated heterocycles. The molecular weight excluding hydrogens is 254 g/mol. The van der Waals surface area contributed by atoms with E-state index in [1.165, 1.54) is 0 Å². The fourth-order valence-corrected chi connectivity index (χ4v) is 1.61. The molecule has 5 heteroatoms. The highest BCUT2D eigenvalue weighted by Gasteiger charge is 2.06. The zero-order valence-electron chi connectivity index (χ0n) is 10.7. The largest absolute Gasteiger partial charge is 0.430 e. The number of para-hydroxylation sites is 1. The first-order valence-corrected chi connectivity index (χ1v) is 6.03. The summed E-state index contributed by atoms with van der Waals surface area (Å²) in [4.78, 5) is 16.4. The highest BCUT2D eigenvalue weighted by Crippen LogP contribution is 2.13. The molecule has 5 nitrogen and oxygen atoms in total. The van der Waals surface area contributed by atoms with Crippen LogP contribution in [0.1, 0.15) is 11.1 Å². The van der Waals surface area contributed by atoms with E-state index in [4.69, 9.17) is 10.1 Å². The van der Waals surface area contributed by atoms with Crippen LogP contribution in [0.25, 0.3) is 0 Å². The lowest BCUT2D eigenvalue weighted by molar-refractivity contribution is 0.0995. The molecule has 0 bridgehead atoms. The molecule has 2 N–H and O–H groups in total. The molecule has 0 spiro atoms. The Kier molecular flexibility index (Phi) is 4.70.